The highest BCUT2D eigenvalue weighted by Gasteiger charge is 2.27. The summed E-state index contributed by atoms with van der Waals surface area (Å²) in [7, 11) is 0. The molecule has 1 aliphatic rings. The molecule has 1 aromatic carbocycles. The van der Waals surface area contributed by atoms with E-state index in [1.165, 1.54) is 31.4 Å². The summed E-state index contributed by atoms with van der Waals surface area (Å²) < 4.78 is 13.0. The Morgan fingerprint density at radius 2 is 1.59 bits per heavy atom. The quantitative estimate of drug-likeness (QED) is 0.947. The van der Waals surface area contributed by atoms with Crippen molar-refractivity contribution in [2.24, 2.45) is 0 Å². The molecule has 4 nitrogen and oxygen atoms in total. The van der Waals surface area contributed by atoms with Gasteiger partial charge in [-0.05, 0) is 43.9 Å². The summed E-state index contributed by atoms with van der Waals surface area (Å²) in [5, 5.41) is 10.7. The van der Waals surface area contributed by atoms with Crippen LogP contribution in [0.2, 0.25) is 0 Å². The van der Waals surface area contributed by atoms with Crippen LogP contribution in [0.3, 0.4) is 0 Å². The molecule has 2 aromatic rings. The SMILES string of the molecule is C[C@@](O)(c1ccc(F)cc1)c1cnc(N2CCCCC2)nc1. The summed E-state index contributed by atoms with van der Waals surface area (Å²) in [5.74, 6) is 0.384. The summed E-state index contributed by atoms with van der Waals surface area (Å²) in [6, 6.07) is 5.83. The zero-order valence-corrected chi connectivity index (χ0v) is 12.7. The Morgan fingerprint density at radius 3 is 2.18 bits per heavy atom. The van der Waals surface area contributed by atoms with Crippen LogP contribution in [0, 0.1) is 5.82 Å². The van der Waals surface area contributed by atoms with Gasteiger partial charge in [-0.15, -0.1) is 0 Å². The predicted octanol–water partition coefficient (Wildman–Crippen LogP) is 2.86. The Kier molecular flexibility index (Phi) is 4.07. The van der Waals surface area contributed by atoms with E-state index in [0.29, 0.717) is 17.1 Å². The number of aliphatic hydroxyl groups is 1. The zero-order valence-electron chi connectivity index (χ0n) is 12.7. The fourth-order valence-corrected chi connectivity index (χ4v) is 2.77. The number of piperidine rings is 1. The van der Waals surface area contributed by atoms with Crippen LogP contribution in [-0.4, -0.2) is 28.2 Å². The standard InChI is InChI=1S/C17H20FN3O/c1-17(22,13-5-7-15(18)8-6-13)14-11-19-16(20-12-14)21-9-3-2-4-10-21/h5-8,11-12,22H,2-4,9-10H2,1H3/t17-/m1/s1. The molecule has 0 spiro atoms. The summed E-state index contributed by atoms with van der Waals surface area (Å²) in [4.78, 5) is 11.0. The van der Waals surface area contributed by atoms with Crippen molar-refractivity contribution in [3.63, 3.8) is 0 Å². The lowest BCUT2D eigenvalue weighted by Gasteiger charge is -2.28. The van der Waals surface area contributed by atoms with Gasteiger partial charge in [0, 0.05) is 31.0 Å². The van der Waals surface area contributed by atoms with Crippen LogP contribution in [0.5, 0.6) is 0 Å². The van der Waals surface area contributed by atoms with Crippen molar-refractivity contribution in [3.8, 4) is 0 Å². The van der Waals surface area contributed by atoms with Crippen molar-refractivity contribution in [3.05, 3.63) is 53.6 Å². The maximum absolute atomic E-state index is 13.0. The van der Waals surface area contributed by atoms with Crippen LogP contribution >= 0.6 is 0 Å². The average Bonchev–Trinajstić information content (AvgIpc) is 2.56. The van der Waals surface area contributed by atoms with Crippen LogP contribution in [0.25, 0.3) is 0 Å². The second-order valence-electron chi connectivity index (χ2n) is 5.90. The van der Waals surface area contributed by atoms with Crippen molar-refractivity contribution >= 4 is 5.95 Å². The lowest BCUT2D eigenvalue weighted by molar-refractivity contribution is 0.101. The third-order valence-corrected chi connectivity index (χ3v) is 4.25. The van der Waals surface area contributed by atoms with E-state index in [-0.39, 0.29) is 5.82 Å². The van der Waals surface area contributed by atoms with E-state index in [1.54, 1.807) is 31.5 Å². The van der Waals surface area contributed by atoms with Crippen LogP contribution in [0.4, 0.5) is 10.3 Å². The molecule has 116 valence electrons. The summed E-state index contributed by atoms with van der Waals surface area (Å²) in [5.41, 5.74) is -0.0307. The van der Waals surface area contributed by atoms with E-state index in [2.05, 4.69) is 14.9 Å². The summed E-state index contributed by atoms with van der Waals surface area (Å²) in [6.07, 6.45) is 6.89. The minimum atomic E-state index is -1.24. The first-order valence-corrected chi connectivity index (χ1v) is 7.63. The van der Waals surface area contributed by atoms with Gasteiger partial charge < -0.3 is 10.0 Å². The summed E-state index contributed by atoms with van der Waals surface area (Å²) >= 11 is 0. The fourth-order valence-electron chi connectivity index (χ4n) is 2.77. The van der Waals surface area contributed by atoms with Crippen molar-refractivity contribution in [2.75, 3.05) is 18.0 Å². The number of anilines is 1. The number of rotatable bonds is 3. The smallest absolute Gasteiger partial charge is 0.225 e. The lowest BCUT2D eigenvalue weighted by Crippen LogP contribution is -2.31. The van der Waals surface area contributed by atoms with Gasteiger partial charge in [-0.2, -0.15) is 0 Å². The fraction of sp³-hybridized carbons (Fsp3) is 0.412. The van der Waals surface area contributed by atoms with E-state index in [4.69, 9.17) is 0 Å². The molecule has 0 bridgehead atoms. The van der Waals surface area contributed by atoms with Gasteiger partial charge in [0.25, 0.3) is 0 Å². The molecule has 1 N–H and O–H groups in total. The molecular formula is C17H20FN3O. The number of aromatic nitrogens is 2. The van der Waals surface area contributed by atoms with Crippen LogP contribution in [0.1, 0.15) is 37.3 Å². The van der Waals surface area contributed by atoms with Crippen LogP contribution in [-0.2, 0) is 5.60 Å². The number of hydrogen-bond donors (Lipinski definition) is 1. The normalized spacial score (nSPS) is 18.0. The van der Waals surface area contributed by atoms with E-state index < -0.39 is 5.60 Å². The Bertz CT molecular complexity index is 619. The highest BCUT2D eigenvalue weighted by Crippen LogP contribution is 2.29. The molecule has 1 aromatic heterocycles. The average molecular weight is 301 g/mol. The van der Waals surface area contributed by atoms with Crippen molar-refractivity contribution in [2.45, 2.75) is 31.8 Å². The highest BCUT2D eigenvalue weighted by molar-refractivity contribution is 5.36. The highest BCUT2D eigenvalue weighted by atomic mass is 19.1. The molecule has 0 saturated carbocycles. The molecule has 0 radical (unpaired) electrons. The second kappa shape index (κ2) is 6.01. The van der Waals surface area contributed by atoms with Gasteiger partial charge in [0.2, 0.25) is 5.95 Å². The maximum atomic E-state index is 13.0. The predicted molar refractivity (Wildman–Crippen MR) is 83.2 cm³/mol. The Hall–Kier alpha value is -2.01. The van der Waals surface area contributed by atoms with Crippen molar-refractivity contribution in [1.29, 1.82) is 0 Å². The molecule has 22 heavy (non-hydrogen) atoms. The van der Waals surface area contributed by atoms with Gasteiger partial charge in [-0.1, -0.05) is 12.1 Å². The first-order valence-electron chi connectivity index (χ1n) is 7.63. The third kappa shape index (κ3) is 2.95. The molecule has 0 unspecified atom stereocenters. The number of benzene rings is 1. The van der Waals surface area contributed by atoms with Gasteiger partial charge in [0.1, 0.15) is 11.4 Å². The van der Waals surface area contributed by atoms with E-state index in [1.807, 2.05) is 0 Å². The van der Waals surface area contributed by atoms with E-state index >= 15 is 0 Å². The Morgan fingerprint density at radius 1 is 1.00 bits per heavy atom. The third-order valence-electron chi connectivity index (χ3n) is 4.25. The lowest BCUT2D eigenvalue weighted by atomic mass is 9.90. The number of nitrogens with zero attached hydrogens (tertiary/aromatic N) is 3. The molecule has 5 heteroatoms. The van der Waals surface area contributed by atoms with Gasteiger partial charge >= 0.3 is 0 Å². The van der Waals surface area contributed by atoms with E-state index in [9.17, 15) is 9.50 Å². The minimum absolute atomic E-state index is 0.323. The monoisotopic (exact) mass is 301 g/mol. The van der Waals surface area contributed by atoms with Crippen LogP contribution < -0.4 is 4.90 Å². The molecule has 2 heterocycles. The minimum Gasteiger partial charge on any atom is -0.381 e. The van der Waals surface area contributed by atoms with E-state index in [0.717, 1.165) is 13.1 Å². The largest absolute Gasteiger partial charge is 0.381 e. The van der Waals surface area contributed by atoms with Gasteiger partial charge in [0.05, 0.1) is 0 Å². The first-order chi connectivity index (χ1) is 10.6. The van der Waals surface area contributed by atoms with Gasteiger partial charge in [-0.25, -0.2) is 14.4 Å². The molecule has 3 rings (SSSR count). The molecule has 1 saturated heterocycles. The first kappa shape index (κ1) is 14.9. The molecular weight excluding hydrogens is 281 g/mol. The molecule has 0 aliphatic carbocycles. The molecule has 1 atom stereocenters. The number of hydrogen-bond acceptors (Lipinski definition) is 4. The summed E-state index contributed by atoms with van der Waals surface area (Å²) in [6.45, 7) is 3.63. The second-order valence-corrected chi connectivity index (χ2v) is 5.90. The molecule has 0 amide bonds. The Labute approximate surface area is 129 Å². The van der Waals surface area contributed by atoms with Gasteiger partial charge in [0.15, 0.2) is 0 Å². The Balaban J connectivity index is 1.83. The van der Waals surface area contributed by atoms with Crippen molar-refractivity contribution in [1.82, 2.24) is 9.97 Å². The van der Waals surface area contributed by atoms with Crippen molar-refractivity contribution < 1.29 is 9.50 Å². The number of halogens is 1. The zero-order chi connectivity index (χ0) is 15.6. The molecule has 1 aliphatic heterocycles. The molecule has 1 fully saturated rings. The van der Waals surface area contributed by atoms with Crippen LogP contribution in [0.15, 0.2) is 36.7 Å². The van der Waals surface area contributed by atoms with Gasteiger partial charge in [-0.3, -0.25) is 0 Å². The maximum Gasteiger partial charge on any atom is 0.225 e. The topological polar surface area (TPSA) is 49.3 Å².